The average Bonchev–Trinajstić information content (AvgIpc) is 2.48. The highest BCUT2D eigenvalue weighted by Crippen LogP contribution is 2.57. The summed E-state index contributed by atoms with van der Waals surface area (Å²) >= 11 is 0. The van der Waals surface area contributed by atoms with Crippen LogP contribution in [0, 0.1) is 17.3 Å². The van der Waals surface area contributed by atoms with Crippen LogP contribution >= 0.6 is 0 Å². The van der Waals surface area contributed by atoms with Crippen molar-refractivity contribution in [2.75, 3.05) is 0 Å². The molecule has 0 spiro atoms. The van der Waals surface area contributed by atoms with Crippen LogP contribution in [0.15, 0.2) is 11.6 Å². The van der Waals surface area contributed by atoms with Crippen LogP contribution in [0.1, 0.15) is 47.0 Å². The van der Waals surface area contributed by atoms with Crippen LogP contribution < -0.4 is 0 Å². The zero-order valence-corrected chi connectivity index (χ0v) is 11.8. The molecule has 0 aliphatic heterocycles. The second kappa shape index (κ2) is 4.32. The minimum Gasteiger partial charge on any atom is -0.392 e. The molecule has 0 heterocycles. The summed E-state index contributed by atoms with van der Waals surface area (Å²) in [5.74, 6) is -0.168. The Labute approximate surface area is 110 Å². The fraction of sp³-hybridized carbons (Fsp3) is 0.867. The second-order valence-corrected chi connectivity index (χ2v) is 6.86. The Balaban J connectivity index is 2.46. The van der Waals surface area contributed by atoms with Crippen molar-refractivity contribution in [1.29, 1.82) is 0 Å². The van der Waals surface area contributed by atoms with Gasteiger partial charge >= 0.3 is 0 Å². The molecule has 0 aromatic carbocycles. The van der Waals surface area contributed by atoms with Crippen LogP contribution in [0.2, 0.25) is 0 Å². The molecule has 0 aromatic rings. The van der Waals surface area contributed by atoms with Gasteiger partial charge < -0.3 is 15.3 Å². The van der Waals surface area contributed by atoms with Crippen molar-refractivity contribution in [3.05, 3.63) is 11.6 Å². The summed E-state index contributed by atoms with van der Waals surface area (Å²) in [5.41, 5.74) is -0.277. The zero-order valence-electron chi connectivity index (χ0n) is 11.8. The van der Waals surface area contributed by atoms with Gasteiger partial charge in [-0.1, -0.05) is 32.4 Å². The highest BCUT2D eigenvalue weighted by molar-refractivity contribution is 5.19. The fourth-order valence-corrected chi connectivity index (χ4v) is 4.08. The topological polar surface area (TPSA) is 60.7 Å². The molecule has 2 aliphatic carbocycles. The van der Waals surface area contributed by atoms with Gasteiger partial charge in [-0.2, -0.15) is 0 Å². The summed E-state index contributed by atoms with van der Waals surface area (Å²) in [4.78, 5) is 0. The first-order valence-electron chi connectivity index (χ1n) is 6.97. The number of rotatable bonds is 1. The molecule has 5 atom stereocenters. The minimum atomic E-state index is -0.867. The van der Waals surface area contributed by atoms with E-state index in [1.54, 1.807) is 0 Å². The molecular formula is C15H26O3. The summed E-state index contributed by atoms with van der Waals surface area (Å²) in [5, 5.41) is 31.8. The molecule has 1 fully saturated rings. The van der Waals surface area contributed by atoms with E-state index in [0.717, 1.165) is 12.0 Å². The SMILES string of the molecule is CC1=C[C@@H](O)[C@@]2(C)CC[C@@](O)(C(C)C)[C@@H]2[C@@H](O)C1. The van der Waals surface area contributed by atoms with Crippen molar-refractivity contribution < 1.29 is 15.3 Å². The van der Waals surface area contributed by atoms with E-state index >= 15 is 0 Å². The summed E-state index contributed by atoms with van der Waals surface area (Å²) in [7, 11) is 0. The van der Waals surface area contributed by atoms with Gasteiger partial charge in [-0.3, -0.25) is 0 Å². The standard InChI is InChI=1S/C15H26O3/c1-9(2)15(18)6-5-14(4)12(17)8-10(3)7-11(16)13(14)15/h8-9,11-13,16-18H,5-7H2,1-4H3/t11-,12+,13+,14+,15+/m0/s1. The first-order chi connectivity index (χ1) is 8.21. The summed E-state index contributed by atoms with van der Waals surface area (Å²) in [6.45, 7) is 7.93. The Morgan fingerprint density at radius 2 is 1.89 bits per heavy atom. The molecule has 3 N–H and O–H groups in total. The third-order valence-electron chi connectivity index (χ3n) is 5.35. The maximum atomic E-state index is 10.9. The van der Waals surface area contributed by atoms with E-state index in [1.807, 2.05) is 33.8 Å². The lowest BCUT2D eigenvalue weighted by atomic mass is 9.67. The molecule has 0 saturated heterocycles. The van der Waals surface area contributed by atoms with Crippen LogP contribution in [-0.2, 0) is 0 Å². The number of hydrogen-bond acceptors (Lipinski definition) is 3. The van der Waals surface area contributed by atoms with Crippen LogP contribution in [0.4, 0.5) is 0 Å². The smallest absolute Gasteiger partial charge is 0.0781 e. The number of hydrogen-bond donors (Lipinski definition) is 3. The Kier molecular flexibility index (Phi) is 3.37. The molecule has 2 rings (SSSR count). The number of aliphatic hydroxyl groups excluding tert-OH is 2. The minimum absolute atomic E-state index is 0.0876. The van der Waals surface area contributed by atoms with E-state index in [4.69, 9.17) is 0 Å². The molecule has 0 aromatic heterocycles. The maximum Gasteiger partial charge on any atom is 0.0781 e. The Morgan fingerprint density at radius 1 is 1.28 bits per heavy atom. The quantitative estimate of drug-likeness (QED) is 0.626. The van der Waals surface area contributed by atoms with E-state index < -0.39 is 23.2 Å². The molecule has 3 nitrogen and oxygen atoms in total. The number of fused-ring (bicyclic) bond motifs is 1. The van der Waals surface area contributed by atoms with Gasteiger partial charge in [-0.15, -0.1) is 0 Å². The monoisotopic (exact) mass is 254 g/mol. The van der Waals surface area contributed by atoms with Crippen molar-refractivity contribution in [2.45, 2.75) is 64.8 Å². The van der Waals surface area contributed by atoms with E-state index in [1.165, 1.54) is 0 Å². The van der Waals surface area contributed by atoms with Gasteiger partial charge in [-0.25, -0.2) is 0 Å². The van der Waals surface area contributed by atoms with Crippen molar-refractivity contribution in [3.8, 4) is 0 Å². The highest BCUT2D eigenvalue weighted by Gasteiger charge is 2.60. The predicted molar refractivity (Wildman–Crippen MR) is 71.0 cm³/mol. The molecule has 0 unspecified atom stereocenters. The Morgan fingerprint density at radius 3 is 2.44 bits per heavy atom. The Bertz CT molecular complexity index is 363. The van der Waals surface area contributed by atoms with E-state index in [9.17, 15) is 15.3 Å². The van der Waals surface area contributed by atoms with Crippen molar-refractivity contribution in [3.63, 3.8) is 0 Å². The second-order valence-electron chi connectivity index (χ2n) is 6.86. The fourth-order valence-electron chi connectivity index (χ4n) is 4.08. The molecule has 0 radical (unpaired) electrons. The van der Waals surface area contributed by atoms with Gasteiger partial charge in [0, 0.05) is 11.3 Å². The maximum absolute atomic E-state index is 10.9. The average molecular weight is 254 g/mol. The lowest BCUT2D eigenvalue weighted by molar-refractivity contribution is -0.124. The van der Waals surface area contributed by atoms with Gasteiger partial charge in [-0.05, 0) is 32.1 Å². The Hall–Kier alpha value is -0.380. The third kappa shape index (κ3) is 1.84. The van der Waals surface area contributed by atoms with E-state index in [2.05, 4.69) is 0 Å². The van der Waals surface area contributed by atoms with E-state index in [0.29, 0.717) is 12.8 Å². The zero-order chi connectivity index (χ0) is 13.7. The van der Waals surface area contributed by atoms with Crippen molar-refractivity contribution in [1.82, 2.24) is 0 Å². The van der Waals surface area contributed by atoms with Crippen LogP contribution in [-0.4, -0.2) is 33.1 Å². The first-order valence-corrected chi connectivity index (χ1v) is 6.97. The lowest BCUT2D eigenvalue weighted by Gasteiger charge is -2.43. The molecule has 0 bridgehead atoms. The van der Waals surface area contributed by atoms with Gasteiger partial charge in [0.2, 0.25) is 0 Å². The summed E-state index contributed by atoms with van der Waals surface area (Å²) in [6.07, 6.45) is 2.67. The first kappa shape index (κ1) is 14.0. The molecule has 2 aliphatic rings. The van der Waals surface area contributed by atoms with Crippen LogP contribution in [0.3, 0.4) is 0 Å². The van der Waals surface area contributed by atoms with Gasteiger partial charge in [0.05, 0.1) is 17.8 Å². The predicted octanol–water partition coefficient (Wildman–Crippen LogP) is 1.86. The molecule has 3 heteroatoms. The molecule has 104 valence electrons. The third-order valence-corrected chi connectivity index (χ3v) is 5.35. The normalized spacial score (nSPS) is 48.9. The molecule has 1 saturated carbocycles. The molecule has 18 heavy (non-hydrogen) atoms. The van der Waals surface area contributed by atoms with Crippen LogP contribution in [0.5, 0.6) is 0 Å². The largest absolute Gasteiger partial charge is 0.392 e. The van der Waals surface area contributed by atoms with E-state index in [-0.39, 0.29) is 11.8 Å². The van der Waals surface area contributed by atoms with Crippen molar-refractivity contribution in [2.24, 2.45) is 17.3 Å². The van der Waals surface area contributed by atoms with Crippen LogP contribution in [0.25, 0.3) is 0 Å². The van der Waals surface area contributed by atoms with Gasteiger partial charge in [0.25, 0.3) is 0 Å². The van der Waals surface area contributed by atoms with Gasteiger partial charge in [0.1, 0.15) is 0 Å². The van der Waals surface area contributed by atoms with Gasteiger partial charge in [0.15, 0.2) is 0 Å². The van der Waals surface area contributed by atoms with Crippen molar-refractivity contribution >= 4 is 0 Å². The molecule has 0 amide bonds. The number of aliphatic hydroxyl groups is 3. The summed E-state index contributed by atoms with van der Waals surface area (Å²) < 4.78 is 0. The summed E-state index contributed by atoms with van der Waals surface area (Å²) in [6, 6.07) is 0. The lowest BCUT2D eigenvalue weighted by Crippen LogP contribution is -2.51. The highest BCUT2D eigenvalue weighted by atomic mass is 16.3. The molecular weight excluding hydrogens is 228 g/mol.